The molecule has 8 nitrogen and oxygen atoms in total. The van der Waals surface area contributed by atoms with Gasteiger partial charge in [0.05, 0.1) is 12.8 Å². The van der Waals surface area contributed by atoms with Crippen LogP contribution >= 0.6 is 24.0 Å². The van der Waals surface area contributed by atoms with E-state index in [4.69, 9.17) is 4.42 Å². The average Bonchev–Trinajstić information content (AvgIpc) is 3.30. The van der Waals surface area contributed by atoms with E-state index in [0.717, 1.165) is 18.0 Å². The minimum atomic E-state index is -1.16. The number of aromatic nitrogens is 3. The summed E-state index contributed by atoms with van der Waals surface area (Å²) in [6.07, 6.45) is 4.19. The van der Waals surface area contributed by atoms with Crippen molar-refractivity contribution >= 4 is 35.6 Å². The van der Waals surface area contributed by atoms with Gasteiger partial charge in [0.15, 0.2) is 11.6 Å². The fourth-order valence-corrected chi connectivity index (χ4v) is 2.59. The van der Waals surface area contributed by atoms with E-state index in [9.17, 15) is 5.11 Å². The lowest BCUT2D eigenvalue weighted by Crippen LogP contribution is -2.39. The minimum Gasteiger partial charge on any atom is -0.466 e. The van der Waals surface area contributed by atoms with Crippen LogP contribution in [0.4, 0.5) is 0 Å². The molecule has 27 heavy (non-hydrogen) atoms. The van der Waals surface area contributed by atoms with Crippen LogP contribution < -0.4 is 10.6 Å². The molecule has 0 aliphatic heterocycles. The molecule has 0 bridgehead atoms. The first-order valence-corrected chi connectivity index (χ1v) is 8.67. The number of hydrogen-bond donors (Lipinski definition) is 3. The summed E-state index contributed by atoms with van der Waals surface area (Å²) in [5.41, 5.74) is -0.327. The number of halogens is 1. The van der Waals surface area contributed by atoms with E-state index in [0.29, 0.717) is 24.7 Å². The van der Waals surface area contributed by atoms with Crippen molar-refractivity contribution in [1.82, 2.24) is 25.2 Å². The smallest absolute Gasteiger partial charge is 0.191 e. The van der Waals surface area contributed by atoms with E-state index in [1.807, 2.05) is 35.7 Å². The fraction of sp³-hybridized carbons (Fsp3) is 0.389. The zero-order valence-electron chi connectivity index (χ0n) is 15.4. The third kappa shape index (κ3) is 5.42. The van der Waals surface area contributed by atoms with Crippen molar-refractivity contribution in [3.05, 3.63) is 54.4 Å². The number of pyridine rings is 1. The molecule has 3 aromatic rings. The van der Waals surface area contributed by atoms with Crippen molar-refractivity contribution in [2.75, 3.05) is 19.6 Å². The average molecular weight is 484 g/mol. The first kappa shape index (κ1) is 21.2. The van der Waals surface area contributed by atoms with Gasteiger partial charge in [-0.2, -0.15) is 0 Å². The van der Waals surface area contributed by atoms with Gasteiger partial charge in [-0.3, -0.25) is 4.40 Å². The van der Waals surface area contributed by atoms with Crippen molar-refractivity contribution in [3.63, 3.8) is 0 Å². The Hall–Kier alpha value is -2.14. The molecule has 0 aromatic carbocycles. The number of guanidine groups is 1. The molecule has 0 saturated heterocycles. The molecule has 0 amide bonds. The van der Waals surface area contributed by atoms with Crippen LogP contribution in [0.1, 0.15) is 25.4 Å². The van der Waals surface area contributed by atoms with Crippen LogP contribution in [0.5, 0.6) is 0 Å². The lowest BCUT2D eigenvalue weighted by Gasteiger charge is -2.19. The van der Waals surface area contributed by atoms with Gasteiger partial charge < -0.3 is 20.2 Å². The highest BCUT2D eigenvalue weighted by molar-refractivity contribution is 14.0. The second-order valence-electron chi connectivity index (χ2n) is 6.17. The first-order chi connectivity index (χ1) is 12.6. The Labute approximate surface area is 175 Å². The summed E-state index contributed by atoms with van der Waals surface area (Å²) in [7, 11) is 0. The van der Waals surface area contributed by atoms with E-state index in [1.54, 1.807) is 25.3 Å². The third-order valence-corrected chi connectivity index (χ3v) is 3.97. The normalized spacial score (nSPS) is 13.8. The Bertz CT molecular complexity index is 860. The minimum absolute atomic E-state index is 0. The number of nitrogens with zero attached hydrogens (tertiary/aromatic N) is 4. The molecular weight excluding hydrogens is 459 g/mol. The van der Waals surface area contributed by atoms with Crippen molar-refractivity contribution in [1.29, 1.82) is 0 Å². The molecule has 0 aliphatic carbocycles. The zero-order chi connectivity index (χ0) is 18.4. The highest BCUT2D eigenvalue weighted by atomic mass is 127. The summed E-state index contributed by atoms with van der Waals surface area (Å²) < 4.78 is 7.25. The highest BCUT2D eigenvalue weighted by Crippen LogP contribution is 2.20. The SMILES string of the molecule is CCNC(=NCC(C)(O)c1ccco1)NCCc1nnc2ccccn12.I. The fourth-order valence-electron chi connectivity index (χ4n) is 2.59. The number of fused-ring (bicyclic) bond motifs is 1. The number of aliphatic hydroxyl groups is 1. The second kappa shape index (κ2) is 9.70. The van der Waals surface area contributed by atoms with Gasteiger partial charge in [-0.1, -0.05) is 6.07 Å². The summed E-state index contributed by atoms with van der Waals surface area (Å²) in [5.74, 6) is 2.01. The van der Waals surface area contributed by atoms with Crippen molar-refractivity contribution in [2.45, 2.75) is 25.9 Å². The molecule has 0 fully saturated rings. The van der Waals surface area contributed by atoms with Gasteiger partial charge in [-0.05, 0) is 38.1 Å². The summed E-state index contributed by atoms with van der Waals surface area (Å²) in [6.45, 7) is 5.23. The first-order valence-electron chi connectivity index (χ1n) is 8.67. The molecule has 3 heterocycles. The maximum atomic E-state index is 10.5. The molecule has 3 rings (SSSR count). The largest absolute Gasteiger partial charge is 0.466 e. The summed E-state index contributed by atoms with van der Waals surface area (Å²) >= 11 is 0. The predicted molar refractivity (Wildman–Crippen MR) is 114 cm³/mol. The van der Waals surface area contributed by atoms with Crippen LogP contribution in [0.3, 0.4) is 0 Å². The van der Waals surface area contributed by atoms with Gasteiger partial charge in [0.25, 0.3) is 0 Å². The Kier molecular flexibility index (Phi) is 7.60. The molecule has 146 valence electrons. The van der Waals surface area contributed by atoms with Crippen LogP contribution in [0, 0.1) is 0 Å². The molecule has 3 N–H and O–H groups in total. The van der Waals surface area contributed by atoms with Gasteiger partial charge in [-0.25, -0.2) is 4.99 Å². The Morgan fingerprint density at radius 2 is 2.11 bits per heavy atom. The molecule has 0 saturated carbocycles. The molecule has 0 radical (unpaired) electrons. The molecule has 3 aromatic heterocycles. The second-order valence-corrected chi connectivity index (χ2v) is 6.17. The van der Waals surface area contributed by atoms with Gasteiger partial charge in [0, 0.05) is 25.7 Å². The zero-order valence-corrected chi connectivity index (χ0v) is 17.8. The van der Waals surface area contributed by atoms with E-state index in [-0.39, 0.29) is 30.5 Å². The molecule has 0 aliphatic rings. The monoisotopic (exact) mass is 484 g/mol. The highest BCUT2D eigenvalue weighted by Gasteiger charge is 2.26. The third-order valence-electron chi connectivity index (χ3n) is 3.97. The van der Waals surface area contributed by atoms with Crippen molar-refractivity contribution in [3.8, 4) is 0 Å². The predicted octanol–water partition coefficient (Wildman–Crippen LogP) is 1.95. The lowest BCUT2D eigenvalue weighted by molar-refractivity contribution is 0.0437. The number of aliphatic imine (C=N–C) groups is 1. The maximum absolute atomic E-state index is 10.5. The Morgan fingerprint density at radius 1 is 1.26 bits per heavy atom. The van der Waals surface area contributed by atoms with Gasteiger partial charge >= 0.3 is 0 Å². The van der Waals surface area contributed by atoms with Gasteiger partial charge in [0.1, 0.15) is 17.2 Å². The topological polar surface area (TPSA) is 100.0 Å². The van der Waals surface area contributed by atoms with E-state index in [2.05, 4.69) is 25.8 Å². The molecule has 1 atom stereocenters. The summed E-state index contributed by atoms with van der Waals surface area (Å²) in [5, 5.41) is 25.3. The van der Waals surface area contributed by atoms with Crippen LogP contribution in [0.2, 0.25) is 0 Å². The van der Waals surface area contributed by atoms with Crippen molar-refractivity contribution in [2.24, 2.45) is 4.99 Å². The molecule has 1 unspecified atom stereocenters. The van der Waals surface area contributed by atoms with Crippen LogP contribution in [0.25, 0.3) is 5.65 Å². The van der Waals surface area contributed by atoms with Crippen LogP contribution in [0.15, 0.2) is 52.2 Å². The van der Waals surface area contributed by atoms with E-state index in [1.165, 1.54) is 0 Å². The van der Waals surface area contributed by atoms with Crippen molar-refractivity contribution < 1.29 is 9.52 Å². The number of nitrogens with one attached hydrogen (secondary N) is 2. The van der Waals surface area contributed by atoms with Crippen LogP contribution in [-0.2, 0) is 12.0 Å². The lowest BCUT2D eigenvalue weighted by atomic mass is 10.0. The van der Waals surface area contributed by atoms with E-state index >= 15 is 0 Å². The summed E-state index contributed by atoms with van der Waals surface area (Å²) in [6, 6.07) is 9.31. The quantitative estimate of drug-likeness (QED) is 0.269. The van der Waals surface area contributed by atoms with Gasteiger partial charge in [0.2, 0.25) is 0 Å². The number of rotatable bonds is 7. The van der Waals surface area contributed by atoms with Crippen LogP contribution in [-0.4, -0.2) is 45.3 Å². The molecule has 9 heteroatoms. The Morgan fingerprint density at radius 3 is 2.85 bits per heavy atom. The standard InChI is InChI=1S/C18H24N6O2.HI/c1-3-19-17(21-13-18(2,25)14-7-6-12-26-14)20-10-9-16-23-22-15-8-4-5-11-24(15)16;/h4-8,11-12,25H,3,9-10,13H2,1-2H3,(H2,19,20,21);1H. The van der Waals surface area contributed by atoms with E-state index < -0.39 is 5.60 Å². The number of furan rings is 1. The Balaban J connectivity index is 0.00000261. The molecular formula is C18H25IN6O2. The molecule has 0 spiro atoms. The number of hydrogen-bond acceptors (Lipinski definition) is 5. The maximum Gasteiger partial charge on any atom is 0.191 e. The van der Waals surface area contributed by atoms with Gasteiger partial charge in [-0.15, -0.1) is 34.2 Å². The summed E-state index contributed by atoms with van der Waals surface area (Å²) in [4.78, 5) is 4.46.